The van der Waals surface area contributed by atoms with Gasteiger partial charge >= 0.3 is 166 Å². The van der Waals surface area contributed by atoms with Gasteiger partial charge in [-0.1, -0.05) is 0 Å². The van der Waals surface area contributed by atoms with E-state index >= 15 is 0 Å². The number of rotatable bonds is 7. The van der Waals surface area contributed by atoms with E-state index in [9.17, 15) is 18.3 Å². The zero-order valence-electron chi connectivity index (χ0n) is 15.8. The number of carbonyl (C=O) groups is 1. The first-order chi connectivity index (χ1) is 13.3. The molecule has 28 heavy (non-hydrogen) atoms. The molecular weight excluding hydrogens is 379 g/mol. The molecule has 4 rings (SSSR count). The molecule has 4 N–H and O–H groups in total. The first kappa shape index (κ1) is 20.0. The van der Waals surface area contributed by atoms with Crippen LogP contribution in [0.3, 0.4) is 0 Å². The maximum absolute atomic E-state index is 13.5. The van der Waals surface area contributed by atoms with Gasteiger partial charge in [0.25, 0.3) is 0 Å². The fourth-order valence-corrected chi connectivity index (χ4v) is 6.30. The molecule has 3 heterocycles. The Morgan fingerprint density at radius 1 is 1.43 bits per heavy atom. The minimum absolute atomic E-state index is 0.0798. The van der Waals surface area contributed by atoms with Gasteiger partial charge in [0, 0.05) is 0 Å². The average Bonchev–Trinajstić information content (AvgIpc) is 3.18. The van der Waals surface area contributed by atoms with Crippen molar-refractivity contribution < 1.29 is 18.3 Å². The molecule has 0 radical (unpaired) electrons. The van der Waals surface area contributed by atoms with Crippen LogP contribution in [0.5, 0.6) is 0 Å². The third-order valence-corrected chi connectivity index (χ3v) is 8.22. The first-order valence-electron chi connectivity index (χ1n) is 9.87. The minimum atomic E-state index is -3.80. The summed E-state index contributed by atoms with van der Waals surface area (Å²) in [5.41, 5.74) is 5.40. The summed E-state index contributed by atoms with van der Waals surface area (Å²) in [7, 11) is -3.80. The number of nitrogens with one attached hydrogen (secondary N) is 1. The molecule has 1 aliphatic carbocycles. The Balaban J connectivity index is 1.64. The maximum atomic E-state index is 13.5. The Bertz CT molecular complexity index is 829. The molecule has 1 aromatic heterocycles. The van der Waals surface area contributed by atoms with E-state index in [0.717, 1.165) is 31.4 Å². The van der Waals surface area contributed by atoms with Gasteiger partial charge in [0.15, 0.2) is 0 Å². The Kier molecular flexibility index (Phi) is 5.34. The van der Waals surface area contributed by atoms with Gasteiger partial charge in [-0.05, 0) is 0 Å². The number of aliphatic carboxylic acids is 1. The number of carboxylic acid groups (broad SMARTS) is 1. The Morgan fingerprint density at radius 3 is 2.79 bits per heavy atom. The molecule has 2 aliphatic heterocycles. The van der Waals surface area contributed by atoms with Crippen LogP contribution in [0, 0.1) is 5.92 Å². The van der Waals surface area contributed by atoms with E-state index in [2.05, 4.69) is 5.32 Å². The molecule has 10 heteroatoms. The zero-order valence-corrected chi connectivity index (χ0v) is 16.6. The van der Waals surface area contributed by atoms with Gasteiger partial charge in [0.2, 0.25) is 0 Å². The summed E-state index contributed by atoms with van der Waals surface area (Å²) in [5, 5.41) is 13.1. The quantitative estimate of drug-likeness (QED) is 0.564. The van der Waals surface area contributed by atoms with Crippen molar-refractivity contribution in [2.24, 2.45) is 11.7 Å². The molecule has 0 bridgehead atoms. The Hall–Kier alpha value is -1.33. The normalized spacial score (nSPS) is 31.4. The van der Waals surface area contributed by atoms with Crippen LogP contribution in [0.15, 0.2) is 24.1 Å². The zero-order chi connectivity index (χ0) is 19.9. The van der Waals surface area contributed by atoms with E-state index in [1.165, 1.54) is 4.31 Å². The predicted molar refractivity (Wildman–Crippen MR) is 106 cm³/mol. The molecule has 1 saturated carbocycles. The fourth-order valence-electron chi connectivity index (χ4n) is 4.33. The summed E-state index contributed by atoms with van der Waals surface area (Å²) in [5.74, 6) is 2.30. The second-order valence-corrected chi connectivity index (χ2v) is 10.1. The van der Waals surface area contributed by atoms with Crippen molar-refractivity contribution in [2.45, 2.75) is 36.8 Å². The van der Waals surface area contributed by atoms with E-state index in [-0.39, 0.29) is 19.1 Å². The van der Waals surface area contributed by atoms with Crippen LogP contribution in [0.1, 0.15) is 30.7 Å². The van der Waals surface area contributed by atoms with Crippen LogP contribution in [0.4, 0.5) is 0 Å². The van der Waals surface area contributed by atoms with Crippen LogP contribution in [-0.4, -0.2) is 79.3 Å². The van der Waals surface area contributed by atoms with Crippen LogP contribution in [0.2, 0.25) is 0 Å². The SMILES string of the molecule is N[C@@]1(C(=O)O)CN(S(=O)(=O)N(CC2CC2)[C@@H]2CCNC2)C[C@@H]1c1cbccc1. The summed E-state index contributed by atoms with van der Waals surface area (Å²) in [4.78, 5) is 12.0. The molecule has 1 aromatic rings. The van der Waals surface area contributed by atoms with Gasteiger partial charge in [0.1, 0.15) is 0 Å². The Labute approximate surface area is 166 Å². The number of carboxylic acids is 1. The van der Waals surface area contributed by atoms with Crippen molar-refractivity contribution >= 4 is 23.1 Å². The van der Waals surface area contributed by atoms with Gasteiger partial charge in [-0.2, -0.15) is 0 Å². The molecule has 152 valence electrons. The van der Waals surface area contributed by atoms with Crippen LogP contribution >= 0.6 is 0 Å². The monoisotopic (exact) mass is 406 g/mol. The summed E-state index contributed by atoms with van der Waals surface area (Å²) in [6, 6.07) is 3.55. The summed E-state index contributed by atoms with van der Waals surface area (Å²) >= 11 is 0. The van der Waals surface area contributed by atoms with Crippen molar-refractivity contribution in [3.05, 3.63) is 29.6 Å². The number of hydrogen-bond acceptors (Lipinski definition) is 5. The molecule has 0 aromatic carbocycles. The van der Waals surface area contributed by atoms with Crippen molar-refractivity contribution in [1.29, 1.82) is 0 Å². The molecule has 3 aliphatic rings. The van der Waals surface area contributed by atoms with Gasteiger partial charge in [-0.3, -0.25) is 0 Å². The molecular formula is C18H27BN4O4S. The van der Waals surface area contributed by atoms with Gasteiger partial charge in [0.05, 0.1) is 0 Å². The van der Waals surface area contributed by atoms with Crippen molar-refractivity contribution in [2.75, 3.05) is 32.7 Å². The third kappa shape index (κ3) is 3.64. The Morgan fingerprint density at radius 2 is 2.21 bits per heavy atom. The van der Waals surface area contributed by atoms with Crippen LogP contribution < -0.4 is 11.1 Å². The van der Waals surface area contributed by atoms with E-state index in [1.54, 1.807) is 4.31 Å². The topological polar surface area (TPSA) is 116 Å². The molecule has 3 fully saturated rings. The molecule has 0 unspecified atom stereocenters. The number of nitrogens with two attached hydrogens (primary N) is 1. The first-order valence-corrected chi connectivity index (χ1v) is 11.3. The van der Waals surface area contributed by atoms with E-state index in [1.807, 2.05) is 31.0 Å². The molecule has 2 saturated heterocycles. The van der Waals surface area contributed by atoms with Gasteiger partial charge < -0.3 is 0 Å². The summed E-state index contributed by atoms with van der Waals surface area (Å²) in [6.45, 7) is 3.62. The van der Waals surface area contributed by atoms with Gasteiger partial charge in [-0.15, -0.1) is 0 Å². The fraction of sp³-hybridized carbons (Fsp3) is 0.667. The van der Waals surface area contributed by atoms with Crippen LogP contribution in [0.25, 0.3) is 0 Å². The number of nitrogens with zero attached hydrogens (tertiary/aromatic N) is 2. The second kappa shape index (κ2) is 7.49. The van der Waals surface area contributed by atoms with E-state index in [4.69, 9.17) is 5.73 Å². The number of hydrogen-bond donors (Lipinski definition) is 3. The summed E-state index contributed by atoms with van der Waals surface area (Å²) < 4.78 is 30.0. The standard InChI is InChI=1S/C18H27BN4O4S/c20-18(17(24)25)12-22(11-16(18)14-2-1-6-19-8-14)28(26,27)23(10-13-3-4-13)15-5-7-21-9-15/h1-2,6,8,13,15-16,21H,3-5,7,9-12,20H2,(H,24,25)/t15-,16-,18+/m1/s1. The molecule has 0 amide bonds. The second-order valence-electron chi connectivity index (χ2n) is 8.27. The van der Waals surface area contributed by atoms with Crippen LogP contribution in [-0.2, 0) is 15.0 Å². The molecule has 0 spiro atoms. The van der Waals surface area contributed by atoms with Crippen molar-refractivity contribution in [1.82, 2.24) is 13.9 Å². The predicted octanol–water partition coefficient (Wildman–Crippen LogP) is -0.475. The van der Waals surface area contributed by atoms with Crippen molar-refractivity contribution in [3.63, 3.8) is 0 Å². The molecule has 8 nitrogen and oxygen atoms in total. The van der Waals surface area contributed by atoms with Crippen molar-refractivity contribution in [3.8, 4) is 0 Å². The average molecular weight is 406 g/mol. The van der Waals surface area contributed by atoms with E-state index in [0.29, 0.717) is 19.0 Å². The molecule has 3 atom stereocenters. The summed E-state index contributed by atoms with van der Waals surface area (Å²) in [6.07, 6.45) is 2.87. The third-order valence-electron chi connectivity index (χ3n) is 6.25. The van der Waals surface area contributed by atoms with Gasteiger partial charge in [-0.25, -0.2) is 0 Å². The van der Waals surface area contributed by atoms with E-state index < -0.39 is 27.6 Å².